The fourth-order valence-corrected chi connectivity index (χ4v) is 2.37. The Morgan fingerprint density at radius 1 is 0.583 bits per heavy atom. The minimum absolute atomic E-state index is 0.273. The van der Waals surface area contributed by atoms with Crippen LogP contribution in [0.15, 0.2) is 50.8 Å². The van der Waals surface area contributed by atoms with Crippen LogP contribution in [0.5, 0.6) is 0 Å². The highest BCUT2D eigenvalue weighted by Gasteiger charge is 2.14. The first-order chi connectivity index (χ1) is 11.6. The van der Waals surface area contributed by atoms with Gasteiger partial charge in [0, 0.05) is 19.6 Å². The van der Waals surface area contributed by atoms with Crippen LogP contribution in [-0.4, -0.2) is 13.7 Å². The lowest BCUT2D eigenvalue weighted by molar-refractivity contribution is 0.449. The third-order valence-corrected chi connectivity index (χ3v) is 3.65. The molecule has 0 fully saturated rings. The van der Waals surface area contributed by atoms with E-state index in [2.05, 4.69) is 0 Å². The third-order valence-electron chi connectivity index (χ3n) is 3.65. The summed E-state index contributed by atoms with van der Waals surface area (Å²) in [6.45, 7) is 6.48. The summed E-state index contributed by atoms with van der Waals surface area (Å²) in [6, 6.07) is 0. The van der Waals surface area contributed by atoms with Crippen LogP contribution in [0.1, 0.15) is 40.0 Å². The van der Waals surface area contributed by atoms with Crippen molar-refractivity contribution >= 4 is 0 Å². The molecule has 6 nitrogen and oxygen atoms in total. The summed E-state index contributed by atoms with van der Waals surface area (Å²) in [5.41, 5.74) is -1.58. The predicted octanol–water partition coefficient (Wildman–Crippen LogP) is 2.07. The van der Waals surface area contributed by atoms with Crippen LogP contribution in [0.2, 0.25) is 0 Å². The normalized spacial score (nSPS) is 12.1. The highest BCUT2D eigenvalue weighted by atomic mass is 16.2. The Bertz CT molecular complexity index is 641. The van der Waals surface area contributed by atoms with Crippen LogP contribution in [0.3, 0.4) is 0 Å². The van der Waals surface area contributed by atoms with E-state index >= 15 is 0 Å². The molecule has 1 aromatic rings. The summed E-state index contributed by atoms with van der Waals surface area (Å²) in [4.78, 5) is 37.6. The van der Waals surface area contributed by atoms with Gasteiger partial charge in [-0.2, -0.15) is 0 Å². The lowest BCUT2D eigenvalue weighted by atomic mass is 10.3. The van der Waals surface area contributed by atoms with Crippen molar-refractivity contribution in [1.82, 2.24) is 13.7 Å². The van der Waals surface area contributed by atoms with Gasteiger partial charge in [-0.25, -0.2) is 28.1 Å². The third kappa shape index (κ3) is 5.08. The zero-order valence-corrected chi connectivity index (χ0v) is 14.8. The van der Waals surface area contributed by atoms with E-state index in [9.17, 15) is 14.4 Å². The molecule has 0 unspecified atom stereocenters. The van der Waals surface area contributed by atoms with Gasteiger partial charge in [0.05, 0.1) is 0 Å². The first-order valence-corrected chi connectivity index (χ1v) is 8.36. The van der Waals surface area contributed by atoms with Gasteiger partial charge in [-0.05, 0) is 40.0 Å². The minimum atomic E-state index is -0.527. The van der Waals surface area contributed by atoms with E-state index in [1.807, 2.05) is 57.2 Å². The summed E-state index contributed by atoms with van der Waals surface area (Å²) in [5, 5.41) is 0. The van der Waals surface area contributed by atoms with Crippen molar-refractivity contribution in [2.75, 3.05) is 0 Å². The zero-order valence-electron chi connectivity index (χ0n) is 14.8. The molecule has 6 heteroatoms. The first kappa shape index (κ1) is 19.7. The maximum Gasteiger partial charge on any atom is 0.336 e. The van der Waals surface area contributed by atoms with Gasteiger partial charge in [-0.1, -0.05) is 36.5 Å². The van der Waals surface area contributed by atoms with Crippen molar-refractivity contribution in [2.24, 2.45) is 0 Å². The molecule has 24 heavy (non-hydrogen) atoms. The Kier molecular flexibility index (Phi) is 8.54. The van der Waals surface area contributed by atoms with Crippen molar-refractivity contribution in [1.29, 1.82) is 0 Å². The molecule has 0 radical (unpaired) electrons. The van der Waals surface area contributed by atoms with E-state index in [1.54, 1.807) is 0 Å². The van der Waals surface area contributed by atoms with Crippen LogP contribution < -0.4 is 17.1 Å². The second-order valence-electron chi connectivity index (χ2n) is 5.38. The van der Waals surface area contributed by atoms with Gasteiger partial charge in [0.25, 0.3) is 0 Å². The number of allylic oxidation sites excluding steroid dienone is 6. The number of rotatable bonds is 9. The van der Waals surface area contributed by atoms with E-state index in [-0.39, 0.29) is 19.6 Å². The van der Waals surface area contributed by atoms with Gasteiger partial charge in [-0.3, -0.25) is 0 Å². The molecule has 0 saturated carbocycles. The lowest BCUT2D eigenvalue weighted by Crippen LogP contribution is -2.54. The topological polar surface area (TPSA) is 66.0 Å². The fraction of sp³-hybridized carbons (Fsp3) is 0.500. The molecule has 1 aromatic heterocycles. The Hall–Kier alpha value is -2.37. The summed E-state index contributed by atoms with van der Waals surface area (Å²) in [6.07, 6.45) is 13.0. The van der Waals surface area contributed by atoms with E-state index in [0.717, 1.165) is 13.7 Å². The quantitative estimate of drug-likeness (QED) is 0.650. The summed E-state index contributed by atoms with van der Waals surface area (Å²) >= 11 is 0. The summed E-state index contributed by atoms with van der Waals surface area (Å²) in [5.74, 6) is 0. The average molecular weight is 333 g/mol. The largest absolute Gasteiger partial charge is 0.336 e. The fourth-order valence-electron chi connectivity index (χ4n) is 2.37. The smallest absolute Gasteiger partial charge is 0.247 e. The van der Waals surface area contributed by atoms with E-state index < -0.39 is 17.1 Å². The van der Waals surface area contributed by atoms with E-state index in [1.165, 1.54) is 0 Å². The first-order valence-electron chi connectivity index (χ1n) is 8.36. The number of hydrogen-bond donors (Lipinski definition) is 0. The van der Waals surface area contributed by atoms with Gasteiger partial charge >= 0.3 is 17.1 Å². The Morgan fingerprint density at radius 3 is 1.04 bits per heavy atom. The molecule has 1 heterocycles. The molecule has 0 N–H and O–H groups in total. The number of aromatic nitrogens is 3. The van der Waals surface area contributed by atoms with Crippen LogP contribution in [-0.2, 0) is 19.6 Å². The van der Waals surface area contributed by atoms with Crippen molar-refractivity contribution in [2.45, 2.75) is 59.7 Å². The van der Waals surface area contributed by atoms with Crippen LogP contribution in [0, 0.1) is 0 Å². The van der Waals surface area contributed by atoms with E-state index in [4.69, 9.17) is 0 Å². The second-order valence-corrected chi connectivity index (χ2v) is 5.38. The number of hydrogen-bond acceptors (Lipinski definition) is 3. The van der Waals surface area contributed by atoms with Crippen molar-refractivity contribution in [3.63, 3.8) is 0 Å². The molecule has 0 atom stereocenters. The molecule has 0 saturated heterocycles. The molecule has 0 amide bonds. The standard InChI is InChI=1S/C18H27N3O3/c1-4-7-10-13-19-16(22)20(14-11-8-5-2)18(24)21(17(19)23)15-12-9-6-3/h4-9H,10-15H2,1-3H3/b7-4+,8-5+,9-6+. The van der Waals surface area contributed by atoms with Gasteiger partial charge in [-0.15, -0.1) is 0 Å². The molecule has 132 valence electrons. The Balaban J connectivity index is 3.37. The number of nitrogens with zero attached hydrogens (tertiary/aromatic N) is 3. The van der Waals surface area contributed by atoms with Crippen LogP contribution >= 0.6 is 0 Å². The molecule has 1 rings (SSSR count). The predicted molar refractivity (Wildman–Crippen MR) is 97.5 cm³/mol. The molecule has 0 spiro atoms. The van der Waals surface area contributed by atoms with Crippen molar-refractivity contribution in [3.05, 3.63) is 67.9 Å². The second kappa shape index (κ2) is 10.4. The zero-order chi connectivity index (χ0) is 17.9. The summed E-state index contributed by atoms with van der Waals surface area (Å²) < 4.78 is 3.48. The van der Waals surface area contributed by atoms with Gasteiger partial charge < -0.3 is 0 Å². The maximum absolute atomic E-state index is 12.5. The van der Waals surface area contributed by atoms with Gasteiger partial charge in [0.2, 0.25) is 0 Å². The van der Waals surface area contributed by atoms with E-state index in [0.29, 0.717) is 19.3 Å². The molecule has 0 aliphatic rings. The van der Waals surface area contributed by atoms with Crippen molar-refractivity contribution in [3.8, 4) is 0 Å². The van der Waals surface area contributed by atoms with Crippen LogP contribution in [0.25, 0.3) is 0 Å². The molecule has 0 aliphatic heterocycles. The highest BCUT2D eigenvalue weighted by molar-refractivity contribution is 4.85. The molecular weight excluding hydrogens is 306 g/mol. The molecule has 0 aliphatic carbocycles. The average Bonchev–Trinajstić information content (AvgIpc) is 2.57. The Labute approximate surface area is 142 Å². The highest BCUT2D eigenvalue weighted by Crippen LogP contribution is 1.90. The Morgan fingerprint density at radius 2 is 0.833 bits per heavy atom. The molecule has 0 aromatic carbocycles. The molecule has 0 bridgehead atoms. The summed E-state index contributed by atoms with van der Waals surface area (Å²) in [7, 11) is 0. The lowest BCUT2D eigenvalue weighted by Gasteiger charge is -2.12. The maximum atomic E-state index is 12.5. The molecular formula is C18H27N3O3. The van der Waals surface area contributed by atoms with Crippen molar-refractivity contribution < 1.29 is 0 Å². The minimum Gasteiger partial charge on any atom is -0.247 e. The SMILES string of the molecule is C/C=C/CCn1c(=O)n(CC/C=C/C)c(=O)n(CC/C=C/C)c1=O. The monoisotopic (exact) mass is 333 g/mol. The van der Waals surface area contributed by atoms with Gasteiger partial charge in [0.15, 0.2) is 0 Å². The van der Waals surface area contributed by atoms with Gasteiger partial charge in [0.1, 0.15) is 0 Å². The van der Waals surface area contributed by atoms with Crippen LogP contribution in [0.4, 0.5) is 0 Å².